The molecule has 2 fully saturated rings. The summed E-state index contributed by atoms with van der Waals surface area (Å²) in [4.78, 5) is 29.9. The zero-order valence-electron chi connectivity index (χ0n) is 15.5. The van der Waals surface area contributed by atoms with Crippen molar-refractivity contribution < 1.29 is 9.72 Å². The van der Waals surface area contributed by atoms with Crippen LogP contribution < -0.4 is 4.90 Å². The van der Waals surface area contributed by atoms with Crippen molar-refractivity contribution in [3.05, 3.63) is 34.4 Å². The fourth-order valence-electron chi connectivity index (χ4n) is 3.95. The van der Waals surface area contributed by atoms with E-state index in [1.807, 2.05) is 17.0 Å². The quantitative estimate of drug-likeness (QED) is 0.595. The highest BCUT2D eigenvalue weighted by atomic mass is 16.6. The molecular formula is C19H28N4O3. The molecule has 1 amide bonds. The Bertz CT molecular complexity index is 635. The topological polar surface area (TPSA) is 69.9 Å². The standard InChI is InChI=1S/C19H28N4O3/c1-2-20-11-13-22(14-12-20)19(24)15-16-7-9-21(10-8-16)17-5-3-4-6-18(17)23(25)26/h3-6,16H,2,7-15H2,1H3. The molecule has 2 aliphatic rings. The van der Waals surface area contributed by atoms with Gasteiger partial charge in [-0.2, -0.15) is 0 Å². The molecule has 1 aromatic rings. The molecule has 0 spiro atoms. The molecule has 2 aliphatic heterocycles. The van der Waals surface area contributed by atoms with E-state index in [0.717, 1.165) is 58.7 Å². The maximum absolute atomic E-state index is 12.6. The molecule has 7 nitrogen and oxygen atoms in total. The van der Waals surface area contributed by atoms with Crippen molar-refractivity contribution in [3.8, 4) is 0 Å². The number of benzene rings is 1. The van der Waals surface area contributed by atoms with Crippen molar-refractivity contribution in [3.63, 3.8) is 0 Å². The molecule has 0 aromatic heterocycles. The lowest BCUT2D eigenvalue weighted by molar-refractivity contribution is -0.384. The van der Waals surface area contributed by atoms with Crippen molar-refractivity contribution in [2.75, 3.05) is 50.7 Å². The first-order valence-corrected chi connectivity index (χ1v) is 9.57. The third-order valence-corrected chi connectivity index (χ3v) is 5.67. The van der Waals surface area contributed by atoms with Crippen molar-refractivity contribution in [1.29, 1.82) is 0 Å². The van der Waals surface area contributed by atoms with Gasteiger partial charge in [0, 0.05) is 51.8 Å². The van der Waals surface area contributed by atoms with Crippen LogP contribution in [-0.2, 0) is 4.79 Å². The Kier molecular flexibility index (Phi) is 6.08. The van der Waals surface area contributed by atoms with Crippen LogP contribution in [0, 0.1) is 16.0 Å². The summed E-state index contributed by atoms with van der Waals surface area (Å²) in [6.45, 7) is 8.35. The summed E-state index contributed by atoms with van der Waals surface area (Å²) < 4.78 is 0. The zero-order chi connectivity index (χ0) is 18.5. The maximum atomic E-state index is 12.6. The van der Waals surface area contributed by atoms with Crippen LogP contribution in [0.5, 0.6) is 0 Å². The molecule has 2 heterocycles. The van der Waals surface area contributed by atoms with E-state index >= 15 is 0 Å². The summed E-state index contributed by atoms with van der Waals surface area (Å²) in [5, 5.41) is 11.2. The highest BCUT2D eigenvalue weighted by molar-refractivity contribution is 5.76. The Labute approximate surface area is 154 Å². The van der Waals surface area contributed by atoms with Gasteiger partial charge in [-0.3, -0.25) is 14.9 Å². The van der Waals surface area contributed by atoms with Gasteiger partial charge < -0.3 is 14.7 Å². The number of rotatable bonds is 5. The fourth-order valence-corrected chi connectivity index (χ4v) is 3.95. The van der Waals surface area contributed by atoms with Crippen LogP contribution in [0.2, 0.25) is 0 Å². The van der Waals surface area contributed by atoms with Crippen molar-refractivity contribution >= 4 is 17.3 Å². The van der Waals surface area contributed by atoms with Crippen molar-refractivity contribution in [2.24, 2.45) is 5.92 Å². The Hall–Kier alpha value is -2.15. The Balaban J connectivity index is 1.50. The Morgan fingerprint density at radius 3 is 2.38 bits per heavy atom. The van der Waals surface area contributed by atoms with Gasteiger partial charge in [0.2, 0.25) is 5.91 Å². The number of nitrogens with zero attached hydrogens (tertiary/aromatic N) is 4. The molecule has 0 saturated carbocycles. The fraction of sp³-hybridized carbons (Fsp3) is 0.632. The van der Waals surface area contributed by atoms with E-state index in [4.69, 9.17) is 0 Å². The van der Waals surface area contributed by atoms with E-state index < -0.39 is 0 Å². The Morgan fingerprint density at radius 2 is 1.77 bits per heavy atom. The lowest BCUT2D eigenvalue weighted by atomic mass is 9.92. The number of para-hydroxylation sites is 2. The van der Waals surface area contributed by atoms with E-state index in [2.05, 4.69) is 16.7 Å². The van der Waals surface area contributed by atoms with Gasteiger partial charge in [0.1, 0.15) is 5.69 Å². The molecule has 0 unspecified atom stereocenters. The number of nitro groups is 1. The first kappa shape index (κ1) is 18.6. The first-order chi connectivity index (χ1) is 12.6. The molecule has 3 rings (SSSR count). The SMILES string of the molecule is CCN1CCN(C(=O)CC2CCN(c3ccccc3[N+](=O)[O-])CC2)CC1. The molecule has 2 saturated heterocycles. The number of likely N-dealkylation sites (N-methyl/N-ethyl adjacent to an activating group) is 1. The number of hydrogen-bond acceptors (Lipinski definition) is 5. The van der Waals surface area contributed by atoms with E-state index in [0.29, 0.717) is 18.0 Å². The van der Waals surface area contributed by atoms with Crippen LogP contribution in [0.3, 0.4) is 0 Å². The number of hydrogen-bond donors (Lipinski definition) is 0. The highest BCUT2D eigenvalue weighted by Gasteiger charge is 2.28. The van der Waals surface area contributed by atoms with Crippen LogP contribution >= 0.6 is 0 Å². The van der Waals surface area contributed by atoms with Crippen LogP contribution in [0.25, 0.3) is 0 Å². The largest absolute Gasteiger partial charge is 0.366 e. The molecule has 0 radical (unpaired) electrons. The van der Waals surface area contributed by atoms with Gasteiger partial charge in [-0.25, -0.2) is 0 Å². The summed E-state index contributed by atoms with van der Waals surface area (Å²) in [5.41, 5.74) is 0.855. The molecule has 26 heavy (non-hydrogen) atoms. The molecule has 0 aliphatic carbocycles. The summed E-state index contributed by atoms with van der Waals surface area (Å²) in [6.07, 6.45) is 2.43. The third kappa shape index (κ3) is 4.33. The van der Waals surface area contributed by atoms with Crippen LogP contribution in [0.1, 0.15) is 26.2 Å². The van der Waals surface area contributed by atoms with Crippen molar-refractivity contribution in [2.45, 2.75) is 26.2 Å². The Morgan fingerprint density at radius 1 is 1.12 bits per heavy atom. The molecule has 7 heteroatoms. The number of piperazine rings is 1. The molecule has 142 valence electrons. The van der Waals surface area contributed by atoms with E-state index in [9.17, 15) is 14.9 Å². The van der Waals surface area contributed by atoms with Gasteiger partial charge in [0.25, 0.3) is 5.69 Å². The average molecular weight is 360 g/mol. The molecule has 1 aromatic carbocycles. The summed E-state index contributed by atoms with van der Waals surface area (Å²) in [5.74, 6) is 0.649. The van der Waals surface area contributed by atoms with Gasteiger partial charge in [0.05, 0.1) is 4.92 Å². The zero-order valence-corrected chi connectivity index (χ0v) is 15.5. The number of carbonyl (C=O) groups is 1. The second-order valence-electron chi connectivity index (χ2n) is 7.20. The molecule has 0 atom stereocenters. The smallest absolute Gasteiger partial charge is 0.292 e. The van der Waals surface area contributed by atoms with Crippen LogP contribution in [0.15, 0.2) is 24.3 Å². The van der Waals surface area contributed by atoms with Crippen LogP contribution in [-0.4, -0.2) is 66.4 Å². The van der Waals surface area contributed by atoms with Crippen LogP contribution in [0.4, 0.5) is 11.4 Å². The number of amides is 1. The third-order valence-electron chi connectivity index (χ3n) is 5.67. The second kappa shape index (κ2) is 8.49. The number of piperidine rings is 1. The lowest BCUT2D eigenvalue weighted by Gasteiger charge is -2.36. The molecular weight excluding hydrogens is 332 g/mol. The minimum atomic E-state index is -0.319. The molecule has 0 N–H and O–H groups in total. The maximum Gasteiger partial charge on any atom is 0.292 e. The van der Waals surface area contributed by atoms with Gasteiger partial charge in [-0.05, 0) is 31.4 Å². The molecule has 0 bridgehead atoms. The second-order valence-corrected chi connectivity index (χ2v) is 7.20. The normalized spacial score (nSPS) is 19.6. The van der Waals surface area contributed by atoms with E-state index in [1.54, 1.807) is 12.1 Å². The summed E-state index contributed by atoms with van der Waals surface area (Å²) in [7, 11) is 0. The number of carbonyl (C=O) groups excluding carboxylic acids is 1. The highest BCUT2D eigenvalue weighted by Crippen LogP contribution is 2.32. The van der Waals surface area contributed by atoms with Crippen molar-refractivity contribution in [1.82, 2.24) is 9.80 Å². The predicted octanol–water partition coefficient (Wildman–Crippen LogP) is 2.37. The average Bonchev–Trinajstić information content (AvgIpc) is 2.68. The van der Waals surface area contributed by atoms with Gasteiger partial charge in [-0.1, -0.05) is 19.1 Å². The summed E-state index contributed by atoms with van der Waals surface area (Å²) >= 11 is 0. The van der Waals surface area contributed by atoms with E-state index in [-0.39, 0.29) is 16.5 Å². The van der Waals surface area contributed by atoms with E-state index in [1.165, 1.54) is 0 Å². The van der Waals surface area contributed by atoms with Gasteiger partial charge in [0.15, 0.2) is 0 Å². The lowest BCUT2D eigenvalue weighted by Crippen LogP contribution is -2.49. The number of nitro benzene ring substituents is 1. The summed E-state index contributed by atoms with van der Waals surface area (Å²) in [6, 6.07) is 6.91. The minimum Gasteiger partial charge on any atom is -0.366 e. The first-order valence-electron chi connectivity index (χ1n) is 9.57. The predicted molar refractivity (Wildman–Crippen MR) is 101 cm³/mol. The minimum absolute atomic E-state index is 0.163. The van der Waals surface area contributed by atoms with Gasteiger partial charge >= 0.3 is 0 Å². The number of anilines is 1. The monoisotopic (exact) mass is 360 g/mol. The van der Waals surface area contributed by atoms with Gasteiger partial charge in [-0.15, -0.1) is 0 Å².